The number of ether oxygens (including phenoxy) is 1. The van der Waals surface area contributed by atoms with Gasteiger partial charge in [-0.2, -0.15) is 0 Å². The normalized spacial score (nSPS) is 17.2. The molecule has 1 saturated heterocycles. The van der Waals surface area contributed by atoms with E-state index in [1.54, 1.807) is 11.8 Å². The second kappa shape index (κ2) is 9.48. The van der Waals surface area contributed by atoms with E-state index in [1.165, 1.54) is 32.4 Å². The van der Waals surface area contributed by atoms with Gasteiger partial charge in [0.15, 0.2) is 0 Å². The van der Waals surface area contributed by atoms with Gasteiger partial charge >= 0.3 is 0 Å². The number of piperidine rings is 1. The predicted molar refractivity (Wildman–Crippen MR) is 116 cm³/mol. The van der Waals surface area contributed by atoms with Gasteiger partial charge in [-0.05, 0) is 56.6 Å². The zero-order valence-electron chi connectivity index (χ0n) is 16.3. The highest BCUT2D eigenvalue weighted by Crippen LogP contribution is 2.38. The zero-order valence-corrected chi connectivity index (χ0v) is 17.1. The molecule has 0 aliphatic carbocycles. The molecule has 2 heterocycles. The minimum atomic E-state index is 0.0596. The van der Waals surface area contributed by atoms with Crippen LogP contribution >= 0.6 is 11.8 Å². The molecule has 0 radical (unpaired) electrons. The van der Waals surface area contributed by atoms with Gasteiger partial charge in [0, 0.05) is 35.4 Å². The van der Waals surface area contributed by atoms with Crippen molar-refractivity contribution in [2.45, 2.75) is 30.6 Å². The molecule has 0 N–H and O–H groups in total. The first kappa shape index (κ1) is 19.3. The lowest BCUT2D eigenvalue weighted by molar-refractivity contribution is 0.0987. The highest BCUT2D eigenvalue weighted by Gasteiger charge is 2.24. The molecule has 4 nitrogen and oxygen atoms in total. The van der Waals surface area contributed by atoms with E-state index in [-0.39, 0.29) is 5.91 Å². The van der Waals surface area contributed by atoms with Gasteiger partial charge in [-0.15, -0.1) is 11.8 Å². The molecule has 5 heteroatoms. The number of nitrogens with zero attached hydrogens (tertiary/aromatic N) is 2. The van der Waals surface area contributed by atoms with Gasteiger partial charge in [-0.25, -0.2) is 0 Å². The Labute approximate surface area is 171 Å². The predicted octanol–water partition coefficient (Wildman–Crippen LogP) is 4.69. The molecule has 2 aliphatic heterocycles. The molecule has 0 bridgehead atoms. The molecule has 0 atom stereocenters. The summed E-state index contributed by atoms with van der Waals surface area (Å²) in [5, 5.41) is 0. The van der Waals surface area contributed by atoms with Crippen molar-refractivity contribution in [3.8, 4) is 5.75 Å². The SMILES string of the molecule is O=C(c1ccccc1)N1CCSc2ccc(OCCCN3CCCCC3)cc21. The molecule has 0 unspecified atom stereocenters. The molecule has 2 aromatic rings. The first-order chi connectivity index (χ1) is 13.8. The molecule has 28 heavy (non-hydrogen) atoms. The number of carbonyl (C=O) groups is 1. The maximum atomic E-state index is 13.0. The number of benzene rings is 2. The molecule has 0 aromatic heterocycles. The first-order valence-electron chi connectivity index (χ1n) is 10.3. The topological polar surface area (TPSA) is 32.8 Å². The standard InChI is InChI=1S/C23H28N2O2S/c26-23(19-8-3-1-4-9-19)25-15-17-28-22-11-10-20(18-21(22)25)27-16-7-14-24-12-5-2-6-13-24/h1,3-4,8-11,18H,2,5-7,12-17H2. The van der Waals surface area contributed by atoms with Crippen LogP contribution in [0.3, 0.4) is 0 Å². The highest BCUT2D eigenvalue weighted by atomic mass is 32.2. The molecule has 148 valence electrons. The van der Waals surface area contributed by atoms with Gasteiger partial charge in [0.05, 0.1) is 12.3 Å². The maximum Gasteiger partial charge on any atom is 0.258 e. The van der Waals surface area contributed by atoms with E-state index in [9.17, 15) is 4.79 Å². The molecule has 0 spiro atoms. The van der Waals surface area contributed by atoms with Crippen LogP contribution in [-0.4, -0.2) is 49.3 Å². The third kappa shape index (κ3) is 4.70. The minimum Gasteiger partial charge on any atom is -0.493 e. The Bertz CT molecular complexity index is 790. The highest BCUT2D eigenvalue weighted by molar-refractivity contribution is 7.99. The maximum absolute atomic E-state index is 13.0. The largest absolute Gasteiger partial charge is 0.493 e. The van der Waals surface area contributed by atoms with Crippen LogP contribution in [0.5, 0.6) is 5.75 Å². The molecule has 4 rings (SSSR count). The average Bonchev–Trinajstić information content (AvgIpc) is 2.77. The summed E-state index contributed by atoms with van der Waals surface area (Å²) in [7, 11) is 0. The monoisotopic (exact) mass is 396 g/mol. The number of amides is 1. The first-order valence-corrected chi connectivity index (χ1v) is 11.3. The van der Waals surface area contributed by atoms with E-state index in [2.05, 4.69) is 11.0 Å². The smallest absolute Gasteiger partial charge is 0.258 e. The van der Waals surface area contributed by atoms with Gasteiger partial charge in [0.1, 0.15) is 5.75 Å². The summed E-state index contributed by atoms with van der Waals surface area (Å²) in [6, 6.07) is 15.7. The number of anilines is 1. The molecular weight excluding hydrogens is 368 g/mol. The van der Waals surface area contributed by atoms with Crippen molar-refractivity contribution in [3.63, 3.8) is 0 Å². The molecule has 2 aliphatic rings. The molecular formula is C23H28N2O2S. The van der Waals surface area contributed by atoms with E-state index in [0.29, 0.717) is 0 Å². The number of hydrogen-bond donors (Lipinski definition) is 0. The second-order valence-corrected chi connectivity index (χ2v) is 8.54. The van der Waals surface area contributed by atoms with E-state index in [4.69, 9.17) is 4.74 Å². The summed E-state index contributed by atoms with van der Waals surface area (Å²) >= 11 is 1.80. The van der Waals surface area contributed by atoms with Crippen LogP contribution in [-0.2, 0) is 0 Å². The van der Waals surface area contributed by atoms with Gasteiger partial charge in [0.25, 0.3) is 5.91 Å². The average molecular weight is 397 g/mol. The Morgan fingerprint density at radius 1 is 1.00 bits per heavy atom. The number of fused-ring (bicyclic) bond motifs is 1. The van der Waals surface area contributed by atoms with Crippen molar-refractivity contribution in [2.75, 3.05) is 43.4 Å². The minimum absolute atomic E-state index is 0.0596. The Morgan fingerprint density at radius 3 is 2.64 bits per heavy atom. The quantitative estimate of drug-likeness (QED) is 0.663. The lowest BCUT2D eigenvalue weighted by Crippen LogP contribution is -2.35. The van der Waals surface area contributed by atoms with Crippen molar-refractivity contribution in [3.05, 3.63) is 54.1 Å². The lowest BCUT2D eigenvalue weighted by Gasteiger charge is -2.29. The van der Waals surface area contributed by atoms with Crippen molar-refractivity contribution in [1.29, 1.82) is 0 Å². The Morgan fingerprint density at radius 2 is 1.82 bits per heavy atom. The summed E-state index contributed by atoms with van der Waals surface area (Å²) in [6.07, 6.45) is 5.07. The number of hydrogen-bond acceptors (Lipinski definition) is 4. The summed E-state index contributed by atoms with van der Waals surface area (Å²) in [5.74, 6) is 1.83. The van der Waals surface area contributed by atoms with Crippen LogP contribution < -0.4 is 9.64 Å². The van der Waals surface area contributed by atoms with Crippen LogP contribution in [0.1, 0.15) is 36.0 Å². The number of likely N-dealkylation sites (tertiary alicyclic amines) is 1. The summed E-state index contributed by atoms with van der Waals surface area (Å²) in [5.41, 5.74) is 1.70. The number of carbonyl (C=O) groups excluding carboxylic acids is 1. The van der Waals surface area contributed by atoms with Crippen LogP contribution in [0.25, 0.3) is 0 Å². The third-order valence-corrected chi connectivity index (χ3v) is 6.44. The Balaban J connectivity index is 1.39. The molecule has 2 aromatic carbocycles. The molecule has 1 fully saturated rings. The molecule has 0 saturated carbocycles. The van der Waals surface area contributed by atoms with Crippen LogP contribution in [0.15, 0.2) is 53.4 Å². The fourth-order valence-corrected chi connectivity index (χ4v) is 4.87. The summed E-state index contributed by atoms with van der Waals surface area (Å²) < 4.78 is 6.02. The van der Waals surface area contributed by atoms with E-state index in [0.717, 1.165) is 53.8 Å². The van der Waals surface area contributed by atoms with Crippen LogP contribution in [0.4, 0.5) is 5.69 Å². The van der Waals surface area contributed by atoms with E-state index >= 15 is 0 Å². The van der Waals surface area contributed by atoms with E-state index in [1.807, 2.05) is 47.4 Å². The second-order valence-electron chi connectivity index (χ2n) is 7.41. The number of thioether (sulfide) groups is 1. The summed E-state index contributed by atoms with van der Waals surface area (Å²) in [6.45, 7) is 5.01. The van der Waals surface area contributed by atoms with Gasteiger partial charge in [0.2, 0.25) is 0 Å². The lowest BCUT2D eigenvalue weighted by atomic mass is 10.1. The van der Waals surface area contributed by atoms with Gasteiger partial charge < -0.3 is 14.5 Å². The van der Waals surface area contributed by atoms with Crippen LogP contribution in [0, 0.1) is 0 Å². The molecule has 1 amide bonds. The Kier molecular flexibility index (Phi) is 6.55. The number of rotatable bonds is 6. The van der Waals surface area contributed by atoms with Crippen molar-refractivity contribution < 1.29 is 9.53 Å². The van der Waals surface area contributed by atoms with Crippen molar-refractivity contribution >= 4 is 23.4 Å². The third-order valence-electron chi connectivity index (χ3n) is 5.40. The summed E-state index contributed by atoms with van der Waals surface area (Å²) in [4.78, 5) is 18.6. The van der Waals surface area contributed by atoms with Crippen LogP contribution in [0.2, 0.25) is 0 Å². The van der Waals surface area contributed by atoms with Crippen molar-refractivity contribution in [1.82, 2.24) is 4.90 Å². The fraction of sp³-hybridized carbons (Fsp3) is 0.435. The zero-order chi connectivity index (χ0) is 19.2. The fourth-order valence-electron chi connectivity index (χ4n) is 3.90. The van der Waals surface area contributed by atoms with Gasteiger partial charge in [-0.1, -0.05) is 24.6 Å². The Hall–Kier alpha value is -1.98. The van der Waals surface area contributed by atoms with Gasteiger partial charge in [-0.3, -0.25) is 4.79 Å². The van der Waals surface area contributed by atoms with Crippen molar-refractivity contribution in [2.24, 2.45) is 0 Å². The van der Waals surface area contributed by atoms with E-state index < -0.39 is 0 Å².